The SMILES string of the molecule is [C-]#[N+]C([N+]#[C-])=C1Cc2c(-c3c(F)c(F)c(C#N)c(F)c3F)c3c(c(-c4c(F)c(F)c(C#N)c(F)c4F)c2=C1[N+]#[C-])CC(=C(C#N)C#N)C=3C#N. The van der Waals surface area contributed by atoms with E-state index in [1.807, 2.05) is 0 Å². The van der Waals surface area contributed by atoms with Crippen molar-refractivity contribution in [3.63, 3.8) is 0 Å². The Hall–Kier alpha value is -7.76. The Morgan fingerprint density at radius 1 is 0.520 bits per heavy atom. The zero-order chi connectivity index (χ0) is 36.9. The third-order valence-electron chi connectivity index (χ3n) is 7.97. The van der Waals surface area contributed by atoms with Gasteiger partial charge in [-0.25, -0.2) is 40.0 Å². The largest absolute Gasteiger partial charge is 0.512 e. The van der Waals surface area contributed by atoms with E-state index in [1.54, 1.807) is 6.07 Å². The fraction of sp³-hybridized carbons (Fsp3) is 0.0588. The number of benzene rings is 3. The van der Waals surface area contributed by atoms with Crippen molar-refractivity contribution in [1.29, 1.82) is 26.3 Å². The molecule has 16 heteroatoms. The van der Waals surface area contributed by atoms with E-state index in [1.165, 1.54) is 12.1 Å². The van der Waals surface area contributed by atoms with Crippen LogP contribution >= 0.6 is 0 Å². The maximum absolute atomic E-state index is 15.9. The van der Waals surface area contributed by atoms with Crippen molar-refractivity contribution in [1.82, 2.24) is 0 Å². The Bertz CT molecular complexity index is 2490. The fourth-order valence-electron chi connectivity index (χ4n) is 5.99. The van der Waals surface area contributed by atoms with Crippen LogP contribution in [0, 0.1) is 123 Å². The standard InChI is InChI=1S/C34H4F8N8/c1-48-33-15(34(49-2)50-3)5-14-20(23-29(39)25(35)17(9-46)26(36)30(23)40)19-13(4-12(16(19)8-45)11(6-43)7-44)21(22(14)33)24-31(41)27(37)18(10-47)28(38)32(24)42/h4-5H2. The highest BCUT2D eigenvalue weighted by Crippen LogP contribution is 2.43. The van der Waals surface area contributed by atoms with E-state index in [2.05, 4.69) is 14.5 Å². The van der Waals surface area contributed by atoms with Gasteiger partial charge in [-0.1, -0.05) is 0 Å². The monoisotopic (exact) mass is 676 g/mol. The Morgan fingerprint density at radius 3 is 1.28 bits per heavy atom. The Kier molecular flexibility index (Phi) is 8.14. The molecule has 50 heavy (non-hydrogen) atoms. The van der Waals surface area contributed by atoms with Crippen LogP contribution < -0.4 is 10.4 Å². The number of halogens is 8. The van der Waals surface area contributed by atoms with Gasteiger partial charge in [0.1, 0.15) is 60.2 Å². The summed E-state index contributed by atoms with van der Waals surface area (Å²) >= 11 is 0. The second kappa shape index (κ2) is 12.1. The molecule has 0 aromatic heterocycles. The Labute approximate surface area is 274 Å². The van der Waals surface area contributed by atoms with E-state index in [0.29, 0.717) is 0 Å². The van der Waals surface area contributed by atoms with Crippen LogP contribution in [0.1, 0.15) is 22.3 Å². The Morgan fingerprint density at radius 2 is 0.920 bits per heavy atom. The van der Waals surface area contributed by atoms with E-state index in [4.69, 9.17) is 30.2 Å². The van der Waals surface area contributed by atoms with Gasteiger partial charge in [-0.05, 0) is 33.9 Å². The molecule has 3 aromatic carbocycles. The number of hydrogen-bond acceptors (Lipinski definition) is 5. The number of allylic oxidation sites excluding steroid dienone is 2. The van der Waals surface area contributed by atoms with Crippen LogP contribution in [-0.4, -0.2) is 0 Å². The van der Waals surface area contributed by atoms with Gasteiger partial charge in [-0.2, -0.15) is 36.0 Å². The summed E-state index contributed by atoms with van der Waals surface area (Å²) in [6, 6.07) is 6.34. The predicted molar refractivity (Wildman–Crippen MR) is 151 cm³/mol. The molecule has 0 fully saturated rings. The van der Waals surface area contributed by atoms with Crippen LogP contribution in [0.5, 0.6) is 0 Å². The van der Waals surface area contributed by atoms with Gasteiger partial charge in [0.25, 0.3) is 0 Å². The molecule has 0 N–H and O–H groups in total. The van der Waals surface area contributed by atoms with E-state index in [0.717, 1.165) is 12.1 Å². The summed E-state index contributed by atoms with van der Waals surface area (Å²) in [5, 5.41) is 46.1. The summed E-state index contributed by atoms with van der Waals surface area (Å²) in [6.07, 6.45) is -1.91. The van der Waals surface area contributed by atoms with Gasteiger partial charge in [0.2, 0.25) is 0 Å². The molecule has 0 saturated carbocycles. The number of nitrogens with zero attached hydrogens (tertiary/aromatic N) is 8. The molecule has 0 atom stereocenters. The van der Waals surface area contributed by atoms with Crippen molar-refractivity contribution in [3.8, 4) is 52.6 Å². The normalized spacial score (nSPS) is 12.3. The molecule has 236 valence electrons. The predicted octanol–water partition coefficient (Wildman–Crippen LogP) is 6.08. The highest BCUT2D eigenvalue weighted by molar-refractivity contribution is 5.96. The molecule has 0 amide bonds. The summed E-state index contributed by atoms with van der Waals surface area (Å²) in [6.45, 7) is 22.7. The second-order valence-corrected chi connectivity index (χ2v) is 10.1. The molecule has 2 aliphatic rings. The quantitative estimate of drug-likeness (QED) is 0.140. The zero-order valence-electron chi connectivity index (χ0n) is 24.0. The molecular weight excluding hydrogens is 672 g/mol. The number of fused-ring (bicyclic) bond motifs is 2. The molecule has 3 aromatic rings. The minimum absolute atomic E-state index is 0.569. The molecule has 2 aliphatic carbocycles. The van der Waals surface area contributed by atoms with Gasteiger partial charge >= 0.3 is 5.82 Å². The number of hydrogen-bond donors (Lipinski definition) is 0. The average molecular weight is 676 g/mol. The van der Waals surface area contributed by atoms with E-state index in [9.17, 15) is 15.8 Å². The third kappa shape index (κ3) is 4.29. The Balaban J connectivity index is 2.31. The van der Waals surface area contributed by atoms with Crippen molar-refractivity contribution in [2.45, 2.75) is 12.8 Å². The highest BCUT2D eigenvalue weighted by atomic mass is 19.2. The van der Waals surface area contributed by atoms with Gasteiger partial charge in [-0.3, -0.25) is 0 Å². The number of rotatable bonds is 2. The topological polar surface area (TPSA) is 132 Å². The first-order valence-electron chi connectivity index (χ1n) is 13.1. The number of nitriles is 5. The summed E-state index contributed by atoms with van der Waals surface area (Å²) in [5.74, 6) is -18.9. The highest BCUT2D eigenvalue weighted by Gasteiger charge is 2.40. The van der Waals surface area contributed by atoms with Gasteiger partial charge < -0.3 is 0 Å². The molecule has 0 aliphatic heterocycles. The fourth-order valence-corrected chi connectivity index (χ4v) is 5.99. The second-order valence-electron chi connectivity index (χ2n) is 10.1. The van der Waals surface area contributed by atoms with Crippen molar-refractivity contribution in [2.75, 3.05) is 0 Å². The molecule has 0 spiro atoms. The van der Waals surface area contributed by atoms with Crippen molar-refractivity contribution < 1.29 is 35.1 Å². The van der Waals surface area contributed by atoms with Crippen molar-refractivity contribution in [2.24, 2.45) is 0 Å². The molecule has 5 rings (SSSR count). The van der Waals surface area contributed by atoms with E-state index < -0.39 is 148 Å². The minimum Gasteiger partial charge on any atom is -0.238 e. The summed E-state index contributed by atoms with van der Waals surface area (Å²) in [5.41, 5.74) is -14.0. The van der Waals surface area contributed by atoms with E-state index >= 15 is 35.1 Å². The van der Waals surface area contributed by atoms with Crippen molar-refractivity contribution >= 4 is 11.3 Å². The van der Waals surface area contributed by atoms with Crippen LogP contribution in [0.3, 0.4) is 0 Å². The average Bonchev–Trinajstić information content (AvgIpc) is 3.68. The molecule has 0 bridgehead atoms. The van der Waals surface area contributed by atoms with Gasteiger partial charge in [-0.15, -0.1) is 0 Å². The lowest BCUT2D eigenvalue weighted by atomic mass is 9.85. The van der Waals surface area contributed by atoms with Gasteiger partial charge in [0, 0.05) is 17.2 Å². The lowest BCUT2D eigenvalue weighted by molar-refractivity contribution is 0.454. The lowest BCUT2D eigenvalue weighted by Gasteiger charge is -2.19. The molecule has 0 unspecified atom stereocenters. The zero-order valence-corrected chi connectivity index (χ0v) is 24.0. The third-order valence-corrected chi connectivity index (χ3v) is 7.97. The molecule has 8 nitrogen and oxygen atoms in total. The summed E-state index contributed by atoms with van der Waals surface area (Å²) < 4.78 is 124. The summed E-state index contributed by atoms with van der Waals surface area (Å²) in [4.78, 5) is 9.17. The minimum atomic E-state index is -2.25. The first kappa shape index (κ1) is 33.6. The lowest BCUT2D eigenvalue weighted by Crippen LogP contribution is -2.27. The van der Waals surface area contributed by atoms with Crippen LogP contribution in [0.2, 0.25) is 0 Å². The molecule has 0 saturated heterocycles. The maximum Gasteiger partial charge on any atom is 0.512 e. The molecular formula is C34H4F8N8. The van der Waals surface area contributed by atoms with Gasteiger partial charge in [0.05, 0.1) is 28.8 Å². The van der Waals surface area contributed by atoms with E-state index in [-0.39, 0.29) is 0 Å². The van der Waals surface area contributed by atoms with Gasteiger partial charge in [0.15, 0.2) is 52.2 Å². The first-order valence-corrected chi connectivity index (χ1v) is 13.1. The first-order chi connectivity index (χ1) is 23.8. The van der Waals surface area contributed by atoms with Crippen LogP contribution in [0.15, 0.2) is 22.5 Å². The van der Waals surface area contributed by atoms with Crippen LogP contribution in [0.25, 0.3) is 48.1 Å². The molecule has 0 radical (unpaired) electrons. The summed E-state index contributed by atoms with van der Waals surface area (Å²) in [7, 11) is 0. The van der Waals surface area contributed by atoms with Crippen molar-refractivity contribution in [3.05, 3.63) is 136 Å². The maximum atomic E-state index is 15.9. The van der Waals surface area contributed by atoms with Crippen LogP contribution in [-0.2, 0) is 12.8 Å². The van der Waals surface area contributed by atoms with Crippen LogP contribution in [0.4, 0.5) is 35.1 Å². The smallest absolute Gasteiger partial charge is 0.238 e. The molecule has 0 heterocycles.